The van der Waals surface area contributed by atoms with E-state index in [1.807, 2.05) is 0 Å². The molecule has 0 aliphatic carbocycles. The number of hydrogen-bond donors (Lipinski definition) is 0. The van der Waals surface area contributed by atoms with Crippen LogP contribution in [0, 0.1) is 27.7 Å². The summed E-state index contributed by atoms with van der Waals surface area (Å²) in [6, 6.07) is 0. The van der Waals surface area contributed by atoms with Crippen molar-refractivity contribution in [2.24, 2.45) is 0 Å². The SMILES string of the molecule is CCc1c(C)c(C)c(C(C)CC)c(C)c1C. The van der Waals surface area contributed by atoms with Crippen LogP contribution in [0.5, 0.6) is 0 Å². The van der Waals surface area contributed by atoms with Gasteiger partial charge in [0.1, 0.15) is 0 Å². The van der Waals surface area contributed by atoms with Crippen LogP contribution in [0.2, 0.25) is 0 Å². The zero-order valence-electron chi connectivity index (χ0n) is 12.0. The average molecular weight is 218 g/mol. The summed E-state index contributed by atoms with van der Waals surface area (Å²) in [7, 11) is 0. The molecule has 16 heavy (non-hydrogen) atoms. The highest BCUT2D eigenvalue weighted by molar-refractivity contribution is 5.51. The Morgan fingerprint density at radius 1 is 0.812 bits per heavy atom. The zero-order chi connectivity index (χ0) is 12.5. The molecule has 0 spiro atoms. The lowest BCUT2D eigenvalue weighted by Crippen LogP contribution is -2.07. The summed E-state index contributed by atoms with van der Waals surface area (Å²) in [6.45, 7) is 16.0. The van der Waals surface area contributed by atoms with E-state index in [2.05, 4.69) is 48.5 Å². The van der Waals surface area contributed by atoms with Crippen LogP contribution in [0.3, 0.4) is 0 Å². The van der Waals surface area contributed by atoms with Gasteiger partial charge in [-0.25, -0.2) is 0 Å². The molecule has 1 aromatic carbocycles. The highest BCUT2D eigenvalue weighted by Gasteiger charge is 2.16. The van der Waals surface area contributed by atoms with Gasteiger partial charge in [-0.2, -0.15) is 0 Å². The van der Waals surface area contributed by atoms with Crippen molar-refractivity contribution in [1.29, 1.82) is 0 Å². The molecule has 0 aliphatic heterocycles. The molecule has 0 saturated heterocycles. The third kappa shape index (κ3) is 2.03. The van der Waals surface area contributed by atoms with Crippen LogP contribution in [-0.4, -0.2) is 0 Å². The van der Waals surface area contributed by atoms with Crippen LogP contribution in [0.1, 0.15) is 66.5 Å². The predicted octanol–water partition coefficient (Wildman–Crippen LogP) is 5.00. The standard InChI is InChI=1S/C16H26/c1-8-10(3)16-13(6)11(4)15(9-2)12(5)14(16)7/h10H,8-9H2,1-7H3. The topological polar surface area (TPSA) is 0 Å². The van der Waals surface area contributed by atoms with Crippen molar-refractivity contribution >= 4 is 0 Å². The third-order valence-electron chi connectivity index (χ3n) is 4.30. The maximum absolute atomic E-state index is 2.35. The van der Waals surface area contributed by atoms with E-state index in [4.69, 9.17) is 0 Å². The first-order valence-corrected chi connectivity index (χ1v) is 6.54. The molecular weight excluding hydrogens is 192 g/mol. The van der Waals surface area contributed by atoms with Gasteiger partial charge in [0.25, 0.3) is 0 Å². The lowest BCUT2D eigenvalue weighted by Gasteiger charge is -2.23. The van der Waals surface area contributed by atoms with E-state index < -0.39 is 0 Å². The van der Waals surface area contributed by atoms with Gasteiger partial charge in [-0.05, 0) is 79.8 Å². The van der Waals surface area contributed by atoms with Gasteiger partial charge in [-0.15, -0.1) is 0 Å². The molecule has 0 aliphatic rings. The monoisotopic (exact) mass is 218 g/mol. The summed E-state index contributed by atoms with van der Waals surface area (Å²) in [6.07, 6.45) is 2.38. The second kappa shape index (κ2) is 5.03. The van der Waals surface area contributed by atoms with Crippen molar-refractivity contribution < 1.29 is 0 Å². The fraction of sp³-hybridized carbons (Fsp3) is 0.625. The fourth-order valence-electron chi connectivity index (χ4n) is 2.89. The van der Waals surface area contributed by atoms with Crippen LogP contribution < -0.4 is 0 Å². The van der Waals surface area contributed by atoms with Gasteiger partial charge in [0.15, 0.2) is 0 Å². The summed E-state index contributed by atoms with van der Waals surface area (Å²) >= 11 is 0. The molecule has 0 bridgehead atoms. The molecule has 0 saturated carbocycles. The first-order valence-electron chi connectivity index (χ1n) is 6.54. The largest absolute Gasteiger partial charge is 0.0648 e. The molecule has 0 radical (unpaired) electrons. The molecule has 1 rings (SSSR count). The lowest BCUT2D eigenvalue weighted by molar-refractivity contribution is 0.718. The van der Waals surface area contributed by atoms with Crippen LogP contribution in [-0.2, 0) is 6.42 Å². The van der Waals surface area contributed by atoms with E-state index in [-0.39, 0.29) is 0 Å². The molecule has 1 atom stereocenters. The number of rotatable bonds is 3. The van der Waals surface area contributed by atoms with E-state index >= 15 is 0 Å². The van der Waals surface area contributed by atoms with Crippen molar-refractivity contribution in [3.63, 3.8) is 0 Å². The van der Waals surface area contributed by atoms with E-state index in [1.165, 1.54) is 28.7 Å². The molecule has 0 fully saturated rings. The van der Waals surface area contributed by atoms with Crippen LogP contribution in [0.25, 0.3) is 0 Å². The Morgan fingerprint density at radius 2 is 1.25 bits per heavy atom. The van der Waals surface area contributed by atoms with Gasteiger partial charge < -0.3 is 0 Å². The highest BCUT2D eigenvalue weighted by atomic mass is 14.2. The molecule has 90 valence electrons. The molecular formula is C16H26. The van der Waals surface area contributed by atoms with E-state index in [0.29, 0.717) is 5.92 Å². The Hall–Kier alpha value is -0.780. The van der Waals surface area contributed by atoms with Crippen molar-refractivity contribution in [2.75, 3.05) is 0 Å². The minimum absolute atomic E-state index is 0.684. The normalized spacial score (nSPS) is 12.9. The van der Waals surface area contributed by atoms with Gasteiger partial charge in [0, 0.05) is 0 Å². The summed E-state index contributed by atoms with van der Waals surface area (Å²) in [5.41, 5.74) is 9.22. The van der Waals surface area contributed by atoms with Crippen molar-refractivity contribution in [2.45, 2.75) is 67.2 Å². The van der Waals surface area contributed by atoms with Gasteiger partial charge in [-0.3, -0.25) is 0 Å². The van der Waals surface area contributed by atoms with Gasteiger partial charge >= 0.3 is 0 Å². The van der Waals surface area contributed by atoms with E-state index in [9.17, 15) is 0 Å². The molecule has 0 nitrogen and oxygen atoms in total. The van der Waals surface area contributed by atoms with E-state index in [1.54, 1.807) is 11.1 Å². The van der Waals surface area contributed by atoms with Gasteiger partial charge in [0.05, 0.1) is 0 Å². The Bertz CT molecular complexity index is 357. The summed E-state index contributed by atoms with van der Waals surface area (Å²) < 4.78 is 0. The quantitative estimate of drug-likeness (QED) is 0.670. The van der Waals surface area contributed by atoms with Crippen molar-refractivity contribution in [3.05, 3.63) is 33.4 Å². The maximum Gasteiger partial charge on any atom is -0.0188 e. The van der Waals surface area contributed by atoms with E-state index in [0.717, 1.165) is 6.42 Å². The third-order valence-corrected chi connectivity index (χ3v) is 4.30. The minimum atomic E-state index is 0.684. The average Bonchev–Trinajstić information content (AvgIpc) is 2.27. The maximum atomic E-state index is 2.35. The summed E-state index contributed by atoms with van der Waals surface area (Å²) in [4.78, 5) is 0. The van der Waals surface area contributed by atoms with Gasteiger partial charge in [0.2, 0.25) is 0 Å². The Labute approximate surface area is 101 Å². The molecule has 0 heteroatoms. The summed E-state index contributed by atoms with van der Waals surface area (Å²) in [5.74, 6) is 0.684. The predicted molar refractivity (Wildman–Crippen MR) is 73.5 cm³/mol. The lowest BCUT2D eigenvalue weighted by atomic mass is 9.82. The van der Waals surface area contributed by atoms with Crippen molar-refractivity contribution in [1.82, 2.24) is 0 Å². The Kier molecular flexibility index (Phi) is 4.18. The first-order chi connectivity index (χ1) is 7.45. The molecule has 0 amide bonds. The van der Waals surface area contributed by atoms with Crippen LogP contribution in [0.4, 0.5) is 0 Å². The first kappa shape index (κ1) is 13.3. The second-order valence-electron chi connectivity index (χ2n) is 5.06. The Morgan fingerprint density at radius 3 is 1.56 bits per heavy atom. The zero-order valence-corrected chi connectivity index (χ0v) is 12.0. The molecule has 0 heterocycles. The minimum Gasteiger partial charge on any atom is -0.0648 e. The van der Waals surface area contributed by atoms with Gasteiger partial charge in [-0.1, -0.05) is 20.8 Å². The smallest absolute Gasteiger partial charge is 0.0188 e. The van der Waals surface area contributed by atoms with Crippen LogP contribution in [0.15, 0.2) is 0 Å². The fourth-order valence-corrected chi connectivity index (χ4v) is 2.89. The Balaban J connectivity index is 3.53. The molecule has 1 unspecified atom stereocenters. The molecule has 0 aromatic heterocycles. The highest BCUT2D eigenvalue weighted by Crippen LogP contribution is 2.33. The number of benzene rings is 1. The molecule has 0 N–H and O–H groups in total. The van der Waals surface area contributed by atoms with Crippen LogP contribution >= 0.6 is 0 Å². The number of hydrogen-bond acceptors (Lipinski definition) is 0. The second-order valence-corrected chi connectivity index (χ2v) is 5.06. The van der Waals surface area contributed by atoms with Crippen molar-refractivity contribution in [3.8, 4) is 0 Å². The summed E-state index contributed by atoms with van der Waals surface area (Å²) in [5, 5.41) is 0. The molecule has 1 aromatic rings.